The van der Waals surface area contributed by atoms with E-state index in [9.17, 15) is 30.6 Å². The van der Waals surface area contributed by atoms with E-state index in [1.54, 1.807) is 0 Å². The zero-order valence-corrected chi connectivity index (χ0v) is 24.9. The molecule has 0 bridgehead atoms. The summed E-state index contributed by atoms with van der Waals surface area (Å²) in [7, 11) is 0. The second kappa shape index (κ2) is 15.5. The van der Waals surface area contributed by atoms with E-state index in [-0.39, 0.29) is 37.0 Å². The number of hydrogen-bond donors (Lipinski definition) is 7. The molecule has 0 unspecified atom stereocenters. The van der Waals surface area contributed by atoms with Gasteiger partial charge in [0.15, 0.2) is 0 Å². The fourth-order valence-corrected chi connectivity index (χ4v) is 6.56. The Morgan fingerprint density at radius 2 is 1.19 bits per heavy atom. The first-order chi connectivity index (χ1) is 20.3. The summed E-state index contributed by atoms with van der Waals surface area (Å²) in [5.74, 6) is 1.15. The van der Waals surface area contributed by atoms with Gasteiger partial charge in [-0.05, 0) is 99.2 Å². The van der Waals surface area contributed by atoms with Crippen LogP contribution in [0.1, 0.15) is 49.7 Å². The smallest absolute Gasteiger partial charge is 0.122 e. The summed E-state index contributed by atoms with van der Waals surface area (Å²) in [5, 5.41) is 62.4. The van der Waals surface area contributed by atoms with Gasteiger partial charge in [0.1, 0.15) is 11.5 Å². The summed E-state index contributed by atoms with van der Waals surface area (Å²) in [6, 6.07) is 11.9. The number of benzene rings is 2. The van der Waals surface area contributed by atoms with Gasteiger partial charge < -0.3 is 45.4 Å². The molecule has 42 heavy (non-hydrogen) atoms. The number of nitrogens with one attached hydrogen (secondary N) is 1. The van der Waals surface area contributed by atoms with Gasteiger partial charge in [0.05, 0.1) is 37.6 Å². The Morgan fingerprint density at radius 1 is 0.667 bits per heavy atom. The van der Waals surface area contributed by atoms with Crippen LogP contribution in [0.3, 0.4) is 0 Å². The third-order valence-corrected chi connectivity index (χ3v) is 9.26. The molecular formula is C33H49NO8. The minimum Gasteiger partial charge on any atom is -0.493 e. The molecule has 0 radical (unpaired) electrons. The van der Waals surface area contributed by atoms with Gasteiger partial charge in [-0.3, -0.25) is 0 Å². The lowest BCUT2D eigenvalue weighted by Crippen LogP contribution is -2.40. The predicted octanol–water partition coefficient (Wildman–Crippen LogP) is 2.33. The first kappa shape index (κ1) is 32.7. The highest BCUT2D eigenvalue weighted by atomic mass is 16.5. The Balaban J connectivity index is 1.25. The van der Waals surface area contributed by atoms with Gasteiger partial charge in [-0.2, -0.15) is 0 Å². The molecule has 0 heterocycles. The van der Waals surface area contributed by atoms with Crippen LogP contribution in [0.5, 0.6) is 11.5 Å². The van der Waals surface area contributed by atoms with Crippen LogP contribution in [0.15, 0.2) is 36.4 Å². The molecule has 0 aromatic heterocycles. The van der Waals surface area contributed by atoms with Crippen LogP contribution in [0.4, 0.5) is 0 Å². The zero-order valence-electron chi connectivity index (χ0n) is 24.9. The highest BCUT2D eigenvalue weighted by Crippen LogP contribution is 2.37. The Bertz CT molecular complexity index is 1040. The van der Waals surface area contributed by atoms with E-state index in [1.165, 1.54) is 0 Å². The van der Waals surface area contributed by atoms with Crippen molar-refractivity contribution in [2.24, 2.45) is 17.8 Å². The van der Waals surface area contributed by atoms with E-state index in [2.05, 4.69) is 31.3 Å². The van der Waals surface area contributed by atoms with E-state index in [1.807, 2.05) is 24.3 Å². The molecule has 2 aliphatic carbocycles. The molecule has 0 spiro atoms. The summed E-state index contributed by atoms with van der Waals surface area (Å²) in [4.78, 5) is 0. The zero-order chi connectivity index (χ0) is 30.2. The first-order valence-electron chi connectivity index (χ1n) is 15.4. The molecule has 2 saturated carbocycles. The van der Waals surface area contributed by atoms with Crippen molar-refractivity contribution in [1.82, 2.24) is 5.32 Å². The Labute approximate surface area is 249 Å². The van der Waals surface area contributed by atoms with Gasteiger partial charge in [0.2, 0.25) is 0 Å². The molecule has 0 amide bonds. The second-order valence-electron chi connectivity index (χ2n) is 12.0. The molecular weight excluding hydrogens is 538 g/mol. The first-order valence-corrected chi connectivity index (χ1v) is 15.4. The minimum absolute atomic E-state index is 0.0183. The fourth-order valence-electron chi connectivity index (χ4n) is 6.56. The molecule has 2 fully saturated rings. The third kappa shape index (κ3) is 7.63. The van der Waals surface area contributed by atoms with Crippen LogP contribution < -0.4 is 14.8 Å². The van der Waals surface area contributed by atoms with Crippen LogP contribution in [0, 0.1) is 31.6 Å². The SMILES string of the molecule is Cc1c(OCCCC[C@@H]2C[C@H](CO)[C@@H](O)[C@H]2O)cccc1-c1cccc(OCCCN[C@@H]2C[C@H](CO)[C@@H](O)[C@H]2O)c1C. The highest BCUT2D eigenvalue weighted by molar-refractivity contribution is 5.74. The number of unbranched alkanes of at least 4 members (excludes halogenated alkanes) is 1. The van der Waals surface area contributed by atoms with Gasteiger partial charge in [0, 0.05) is 31.1 Å². The van der Waals surface area contributed by atoms with Crippen LogP contribution >= 0.6 is 0 Å². The molecule has 234 valence electrons. The quantitative estimate of drug-likeness (QED) is 0.156. The lowest BCUT2D eigenvalue weighted by molar-refractivity contribution is -0.00721. The normalized spacial score (nSPS) is 29.2. The summed E-state index contributed by atoms with van der Waals surface area (Å²) in [6.07, 6.45) is 1.10. The molecule has 8 atom stereocenters. The molecule has 2 aromatic rings. The minimum atomic E-state index is -0.893. The topological polar surface area (TPSA) is 152 Å². The van der Waals surface area contributed by atoms with Crippen molar-refractivity contribution in [2.45, 2.75) is 82.8 Å². The van der Waals surface area contributed by atoms with E-state index < -0.39 is 24.4 Å². The largest absolute Gasteiger partial charge is 0.493 e. The van der Waals surface area contributed by atoms with Crippen LogP contribution in [-0.4, -0.2) is 94.1 Å². The number of aliphatic hydroxyl groups excluding tert-OH is 6. The van der Waals surface area contributed by atoms with E-state index in [0.29, 0.717) is 32.6 Å². The van der Waals surface area contributed by atoms with Gasteiger partial charge in [-0.15, -0.1) is 0 Å². The Morgan fingerprint density at radius 3 is 1.74 bits per heavy atom. The van der Waals surface area contributed by atoms with Crippen molar-refractivity contribution in [2.75, 3.05) is 33.0 Å². The Hall–Kier alpha value is -2.24. The van der Waals surface area contributed by atoms with Crippen molar-refractivity contribution in [3.63, 3.8) is 0 Å². The molecule has 9 nitrogen and oxygen atoms in total. The molecule has 2 aromatic carbocycles. The van der Waals surface area contributed by atoms with Crippen molar-refractivity contribution in [3.05, 3.63) is 47.5 Å². The molecule has 2 aliphatic rings. The van der Waals surface area contributed by atoms with Crippen LogP contribution in [0.2, 0.25) is 0 Å². The Kier molecular flexibility index (Phi) is 12.0. The highest BCUT2D eigenvalue weighted by Gasteiger charge is 2.41. The van der Waals surface area contributed by atoms with Crippen LogP contribution in [0.25, 0.3) is 11.1 Å². The maximum absolute atomic E-state index is 10.2. The maximum atomic E-state index is 10.2. The summed E-state index contributed by atoms with van der Waals surface area (Å²) < 4.78 is 12.3. The van der Waals surface area contributed by atoms with Crippen molar-refractivity contribution in [1.29, 1.82) is 0 Å². The summed E-state index contributed by atoms with van der Waals surface area (Å²) >= 11 is 0. The standard InChI is InChI=1S/C33H49NO8/c1-20-25(9-5-11-28(20)41-14-4-3-8-22-16-23(18-35)31(38)30(22)37)26-10-6-12-29(21(26)2)42-15-7-13-34-27-17-24(19-36)32(39)33(27)40/h5-6,9-12,22-24,27,30-40H,3-4,7-8,13-19H2,1-2H3/t22-,23-,24-,27-,30+,31-,32-,33+/m1/s1. The van der Waals surface area contributed by atoms with Gasteiger partial charge in [-0.1, -0.05) is 24.3 Å². The maximum Gasteiger partial charge on any atom is 0.122 e. The van der Waals surface area contributed by atoms with Crippen molar-refractivity contribution >= 4 is 0 Å². The monoisotopic (exact) mass is 587 g/mol. The van der Waals surface area contributed by atoms with Gasteiger partial charge in [0.25, 0.3) is 0 Å². The number of rotatable bonds is 15. The number of hydrogen-bond acceptors (Lipinski definition) is 9. The molecule has 7 N–H and O–H groups in total. The fraction of sp³-hybridized carbons (Fsp3) is 0.636. The van der Waals surface area contributed by atoms with E-state index >= 15 is 0 Å². The molecule has 4 rings (SSSR count). The van der Waals surface area contributed by atoms with Crippen molar-refractivity contribution in [3.8, 4) is 22.6 Å². The summed E-state index contributed by atoms with van der Waals surface area (Å²) in [6.45, 7) is 5.59. The predicted molar refractivity (Wildman–Crippen MR) is 161 cm³/mol. The average molecular weight is 588 g/mol. The number of aliphatic hydroxyl groups is 6. The van der Waals surface area contributed by atoms with Gasteiger partial charge >= 0.3 is 0 Å². The van der Waals surface area contributed by atoms with Gasteiger partial charge in [-0.25, -0.2) is 0 Å². The lowest BCUT2D eigenvalue weighted by atomic mass is 9.95. The molecule has 0 aliphatic heterocycles. The average Bonchev–Trinajstić information content (AvgIpc) is 3.43. The summed E-state index contributed by atoms with van der Waals surface area (Å²) in [5.41, 5.74) is 4.27. The van der Waals surface area contributed by atoms with E-state index in [0.717, 1.165) is 59.4 Å². The van der Waals surface area contributed by atoms with Crippen molar-refractivity contribution < 1.29 is 40.1 Å². The third-order valence-electron chi connectivity index (χ3n) is 9.26. The second-order valence-corrected chi connectivity index (χ2v) is 12.0. The number of ether oxygens (including phenoxy) is 2. The lowest BCUT2D eigenvalue weighted by Gasteiger charge is -2.19. The van der Waals surface area contributed by atoms with Crippen LogP contribution in [-0.2, 0) is 0 Å². The molecule has 0 saturated heterocycles. The van der Waals surface area contributed by atoms with E-state index in [4.69, 9.17) is 9.47 Å². The molecule has 9 heteroatoms.